The average molecular weight is 333 g/mol. The maximum atomic E-state index is 12.2. The van der Waals surface area contributed by atoms with E-state index >= 15 is 0 Å². The quantitative estimate of drug-likeness (QED) is 0.898. The molecule has 0 saturated carbocycles. The van der Waals surface area contributed by atoms with Crippen LogP contribution in [0.5, 0.6) is 0 Å². The molecule has 5 heteroatoms. The Morgan fingerprint density at radius 3 is 2.50 bits per heavy atom. The molecule has 1 aromatic rings. The van der Waals surface area contributed by atoms with Gasteiger partial charge in [-0.3, -0.25) is 4.79 Å². The Labute approximate surface area is 122 Å². The third-order valence-electron chi connectivity index (χ3n) is 2.76. The molecule has 1 amide bonds. The van der Waals surface area contributed by atoms with Crippen molar-refractivity contribution < 1.29 is 4.79 Å². The van der Waals surface area contributed by atoms with Crippen molar-refractivity contribution in [1.29, 1.82) is 0 Å². The second-order valence-electron chi connectivity index (χ2n) is 5.15. The number of rotatable bonds is 5. The van der Waals surface area contributed by atoms with Gasteiger partial charge in [0, 0.05) is 12.6 Å². The van der Waals surface area contributed by atoms with E-state index in [2.05, 4.69) is 40.0 Å². The number of carbonyl (C=O) groups excluding carboxylic acids is 1. The maximum Gasteiger partial charge on any atom is 0.261 e. The van der Waals surface area contributed by atoms with E-state index < -0.39 is 0 Å². The van der Waals surface area contributed by atoms with Gasteiger partial charge in [0.25, 0.3) is 5.91 Å². The van der Waals surface area contributed by atoms with E-state index in [1.165, 1.54) is 11.3 Å². The number of amides is 1. The van der Waals surface area contributed by atoms with Crippen LogP contribution in [0.4, 0.5) is 0 Å². The molecule has 0 bridgehead atoms. The van der Waals surface area contributed by atoms with Gasteiger partial charge in [0.1, 0.15) is 0 Å². The first-order valence-electron chi connectivity index (χ1n) is 6.02. The minimum atomic E-state index is 0.0225. The first-order chi connectivity index (χ1) is 8.31. The van der Waals surface area contributed by atoms with Crippen molar-refractivity contribution in [1.82, 2.24) is 10.2 Å². The van der Waals surface area contributed by atoms with Crippen molar-refractivity contribution in [2.75, 3.05) is 20.6 Å². The van der Waals surface area contributed by atoms with Crippen LogP contribution in [0.3, 0.4) is 0 Å². The number of thiophene rings is 1. The van der Waals surface area contributed by atoms with E-state index in [9.17, 15) is 4.79 Å². The molecule has 18 heavy (non-hydrogen) atoms. The van der Waals surface area contributed by atoms with Crippen LogP contribution in [-0.2, 0) is 0 Å². The van der Waals surface area contributed by atoms with Crippen molar-refractivity contribution in [3.63, 3.8) is 0 Å². The van der Waals surface area contributed by atoms with Crippen LogP contribution in [0.1, 0.15) is 29.1 Å². The molecule has 1 rings (SSSR count). The third kappa shape index (κ3) is 4.37. The number of carbonyl (C=O) groups is 1. The highest BCUT2D eigenvalue weighted by molar-refractivity contribution is 9.11. The topological polar surface area (TPSA) is 32.3 Å². The highest BCUT2D eigenvalue weighted by atomic mass is 79.9. The number of halogens is 1. The van der Waals surface area contributed by atoms with Crippen molar-refractivity contribution in [3.8, 4) is 0 Å². The first kappa shape index (κ1) is 15.7. The van der Waals surface area contributed by atoms with Crippen LogP contribution >= 0.6 is 27.3 Å². The van der Waals surface area contributed by atoms with E-state index in [1.54, 1.807) is 0 Å². The summed E-state index contributed by atoms with van der Waals surface area (Å²) < 4.78 is 1.03. The smallest absolute Gasteiger partial charge is 0.261 e. The summed E-state index contributed by atoms with van der Waals surface area (Å²) >= 11 is 4.94. The SMILES string of the molecule is Cc1cc(C(=O)NC(CN(C)C)C(C)C)sc1Br. The van der Waals surface area contributed by atoms with Gasteiger partial charge in [-0.1, -0.05) is 13.8 Å². The summed E-state index contributed by atoms with van der Waals surface area (Å²) in [7, 11) is 4.04. The summed E-state index contributed by atoms with van der Waals surface area (Å²) in [6.45, 7) is 7.11. The zero-order chi connectivity index (χ0) is 13.9. The minimum Gasteiger partial charge on any atom is -0.347 e. The average Bonchev–Trinajstić information content (AvgIpc) is 2.57. The zero-order valence-electron chi connectivity index (χ0n) is 11.6. The number of hydrogen-bond donors (Lipinski definition) is 1. The molecule has 0 aliphatic rings. The fraction of sp³-hybridized carbons (Fsp3) is 0.615. The molecule has 0 spiro atoms. The highest BCUT2D eigenvalue weighted by Gasteiger charge is 2.19. The summed E-state index contributed by atoms with van der Waals surface area (Å²) in [4.78, 5) is 15.0. The molecule has 1 unspecified atom stereocenters. The van der Waals surface area contributed by atoms with Crippen molar-refractivity contribution in [3.05, 3.63) is 20.3 Å². The molecule has 3 nitrogen and oxygen atoms in total. The van der Waals surface area contributed by atoms with Gasteiger partial charge in [-0.2, -0.15) is 0 Å². The molecular weight excluding hydrogens is 312 g/mol. The fourth-order valence-corrected chi connectivity index (χ4v) is 3.07. The Morgan fingerprint density at radius 1 is 1.50 bits per heavy atom. The standard InChI is InChI=1S/C13H21BrN2OS/c1-8(2)10(7-16(4)5)15-13(17)11-6-9(3)12(14)18-11/h6,8,10H,7H2,1-5H3,(H,15,17). The van der Waals surface area contributed by atoms with Gasteiger partial charge in [0.15, 0.2) is 0 Å². The van der Waals surface area contributed by atoms with E-state index in [4.69, 9.17) is 0 Å². The van der Waals surface area contributed by atoms with Gasteiger partial charge in [0.2, 0.25) is 0 Å². The number of aryl methyl sites for hydroxylation is 1. The van der Waals surface area contributed by atoms with E-state index in [0.717, 1.165) is 20.8 Å². The number of nitrogens with one attached hydrogen (secondary N) is 1. The Hall–Kier alpha value is -0.390. The van der Waals surface area contributed by atoms with Gasteiger partial charge in [-0.15, -0.1) is 11.3 Å². The Kier molecular flexibility index (Phi) is 5.82. The zero-order valence-corrected chi connectivity index (χ0v) is 14.0. The molecular formula is C13H21BrN2OS. The molecule has 1 aromatic heterocycles. The lowest BCUT2D eigenvalue weighted by molar-refractivity contribution is 0.0921. The Morgan fingerprint density at radius 2 is 2.11 bits per heavy atom. The summed E-state index contributed by atoms with van der Waals surface area (Å²) in [6.07, 6.45) is 0. The first-order valence-corrected chi connectivity index (χ1v) is 7.63. The molecule has 1 heterocycles. The van der Waals surface area contributed by atoms with Crippen LogP contribution < -0.4 is 5.32 Å². The van der Waals surface area contributed by atoms with Gasteiger partial charge in [0.05, 0.1) is 8.66 Å². The summed E-state index contributed by atoms with van der Waals surface area (Å²) in [6, 6.07) is 2.10. The maximum absolute atomic E-state index is 12.2. The predicted octanol–water partition coefficient (Wildman–Crippen LogP) is 3.14. The second-order valence-corrected chi connectivity index (χ2v) is 7.52. The molecule has 0 saturated heterocycles. The summed E-state index contributed by atoms with van der Waals surface area (Å²) in [5.41, 5.74) is 1.11. The van der Waals surface area contributed by atoms with Crippen LogP contribution in [0.15, 0.2) is 9.85 Å². The highest BCUT2D eigenvalue weighted by Crippen LogP contribution is 2.27. The minimum absolute atomic E-state index is 0.0225. The van der Waals surface area contributed by atoms with E-state index in [-0.39, 0.29) is 11.9 Å². The molecule has 0 fully saturated rings. The molecule has 0 radical (unpaired) electrons. The van der Waals surface area contributed by atoms with Crippen LogP contribution in [0.2, 0.25) is 0 Å². The second kappa shape index (κ2) is 6.68. The van der Waals surface area contributed by atoms with Crippen LogP contribution in [0, 0.1) is 12.8 Å². The normalized spacial score (nSPS) is 13.1. The lowest BCUT2D eigenvalue weighted by Gasteiger charge is -2.25. The predicted molar refractivity (Wildman–Crippen MR) is 81.4 cm³/mol. The van der Waals surface area contributed by atoms with Gasteiger partial charge in [-0.05, 0) is 54.5 Å². The van der Waals surface area contributed by atoms with Crippen LogP contribution in [0.25, 0.3) is 0 Å². The van der Waals surface area contributed by atoms with Crippen molar-refractivity contribution in [2.45, 2.75) is 26.8 Å². The monoisotopic (exact) mass is 332 g/mol. The largest absolute Gasteiger partial charge is 0.347 e. The van der Waals surface area contributed by atoms with Crippen LogP contribution in [-0.4, -0.2) is 37.5 Å². The molecule has 1 atom stereocenters. The summed E-state index contributed by atoms with van der Waals surface area (Å²) in [5, 5.41) is 3.11. The molecule has 1 N–H and O–H groups in total. The molecule has 102 valence electrons. The summed E-state index contributed by atoms with van der Waals surface area (Å²) in [5.74, 6) is 0.440. The van der Waals surface area contributed by atoms with Crippen molar-refractivity contribution in [2.24, 2.45) is 5.92 Å². The van der Waals surface area contributed by atoms with Gasteiger partial charge in [-0.25, -0.2) is 0 Å². The lowest BCUT2D eigenvalue weighted by atomic mass is 10.0. The fourth-order valence-electron chi connectivity index (χ4n) is 1.63. The van der Waals surface area contributed by atoms with E-state index in [1.807, 2.05) is 27.1 Å². The lowest BCUT2D eigenvalue weighted by Crippen LogP contribution is -2.44. The van der Waals surface area contributed by atoms with Crippen molar-refractivity contribution >= 4 is 33.2 Å². The van der Waals surface area contributed by atoms with Gasteiger partial charge >= 0.3 is 0 Å². The Bertz CT molecular complexity index is 396. The number of hydrogen-bond acceptors (Lipinski definition) is 3. The molecule has 0 aliphatic carbocycles. The van der Waals surface area contributed by atoms with Gasteiger partial charge < -0.3 is 10.2 Å². The van der Waals surface area contributed by atoms with E-state index in [0.29, 0.717) is 5.92 Å². The Balaban J connectivity index is 2.72. The number of likely N-dealkylation sites (N-methyl/N-ethyl adjacent to an activating group) is 1. The number of nitrogens with zero attached hydrogens (tertiary/aromatic N) is 1. The third-order valence-corrected chi connectivity index (χ3v) is 4.90. The molecule has 0 aliphatic heterocycles. The molecule has 0 aromatic carbocycles.